The van der Waals surface area contributed by atoms with E-state index in [4.69, 9.17) is 0 Å². The Morgan fingerprint density at radius 2 is 0.956 bits per heavy atom. The van der Waals surface area contributed by atoms with E-state index in [-0.39, 0.29) is 12.3 Å². The molecular formula is C38H71NO5S. The van der Waals surface area contributed by atoms with Crippen LogP contribution in [0.25, 0.3) is 0 Å². The molecule has 0 aromatic heterocycles. The quantitative estimate of drug-likeness (QED) is 0.0371. The van der Waals surface area contributed by atoms with Crippen LogP contribution in [0, 0.1) is 0 Å². The van der Waals surface area contributed by atoms with Gasteiger partial charge in [0.2, 0.25) is 5.91 Å². The predicted molar refractivity (Wildman–Crippen MR) is 193 cm³/mol. The fourth-order valence-corrected chi connectivity index (χ4v) is 6.19. The van der Waals surface area contributed by atoms with Crippen LogP contribution in [0.5, 0.6) is 0 Å². The summed E-state index contributed by atoms with van der Waals surface area (Å²) in [5.74, 6) is -1.01. The maximum absolute atomic E-state index is 12.4. The molecule has 3 N–H and O–H groups in total. The highest BCUT2D eigenvalue weighted by atomic mass is 32.2. The van der Waals surface area contributed by atoms with Crippen molar-refractivity contribution < 1.29 is 22.9 Å². The van der Waals surface area contributed by atoms with Crippen LogP contribution in [-0.2, 0) is 14.9 Å². The molecule has 6 nitrogen and oxygen atoms in total. The lowest BCUT2D eigenvalue weighted by molar-refractivity contribution is -0.122. The first kappa shape index (κ1) is 43.6. The SMILES string of the molecule is CCCCC/C=C\CCCCCCCC(=O)NC(CS(=O)(=O)O)C(O)/C=C/CC/C=C/CCCCCCCCCCCCCC. The second-order valence-electron chi connectivity index (χ2n) is 12.8. The number of aliphatic hydroxyl groups excluding tert-OH is 1. The Morgan fingerprint density at radius 1 is 0.578 bits per heavy atom. The highest BCUT2D eigenvalue weighted by Gasteiger charge is 2.24. The Balaban J connectivity index is 4.03. The smallest absolute Gasteiger partial charge is 0.267 e. The molecule has 1 amide bonds. The molecule has 0 fully saturated rings. The van der Waals surface area contributed by atoms with Crippen LogP contribution in [-0.4, -0.2) is 41.9 Å². The Morgan fingerprint density at radius 3 is 1.44 bits per heavy atom. The summed E-state index contributed by atoms with van der Waals surface area (Å²) < 4.78 is 32.3. The molecule has 0 heterocycles. The molecule has 0 saturated carbocycles. The van der Waals surface area contributed by atoms with Gasteiger partial charge in [-0.05, 0) is 57.8 Å². The van der Waals surface area contributed by atoms with Crippen molar-refractivity contribution in [2.24, 2.45) is 0 Å². The molecule has 0 aliphatic rings. The summed E-state index contributed by atoms with van der Waals surface area (Å²) in [6.07, 6.45) is 41.3. The zero-order chi connectivity index (χ0) is 33.3. The number of amides is 1. The van der Waals surface area contributed by atoms with E-state index < -0.39 is 28.0 Å². The molecule has 0 aromatic rings. The summed E-state index contributed by atoms with van der Waals surface area (Å²) in [7, 11) is -4.35. The van der Waals surface area contributed by atoms with Gasteiger partial charge < -0.3 is 10.4 Å². The molecular weight excluding hydrogens is 582 g/mol. The molecule has 0 bridgehead atoms. The van der Waals surface area contributed by atoms with Crippen LogP contribution in [0.2, 0.25) is 0 Å². The van der Waals surface area contributed by atoms with Crippen LogP contribution in [0.4, 0.5) is 0 Å². The van der Waals surface area contributed by atoms with Gasteiger partial charge in [0.25, 0.3) is 10.1 Å². The van der Waals surface area contributed by atoms with E-state index in [2.05, 4.69) is 43.5 Å². The normalized spacial score (nSPS) is 13.8. The van der Waals surface area contributed by atoms with Gasteiger partial charge in [-0.15, -0.1) is 0 Å². The van der Waals surface area contributed by atoms with Crippen molar-refractivity contribution >= 4 is 16.0 Å². The van der Waals surface area contributed by atoms with Crippen LogP contribution >= 0.6 is 0 Å². The summed E-state index contributed by atoms with van der Waals surface area (Å²) in [5, 5.41) is 13.1. The maximum Gasteiger partial charge on any atom is 0.267 e. The maximum atomic E-state index is 12.4. The monoisotopic (exact) mass is 654 g/mol. The summed E-state index contributed by atoms with van der Waals surface area (Å²) in [6, 6.07) is -1.07. The lowest BCUT2D eigenvalue weighted by atomic mass is 10.0. The third-order valence-electron chi connectivity index (χ3n) is 8.29. The Kier molecular flexibility index (Phi) is 31.5. The summed E-state index contributed by atoms with van der Waals surface area (Å²) >= 11 is 0. The molecule has 0 spiro atoms. The van der Waals surface area contributed by atoms with Crippen LogP contribution in [0.3, 0.4) is 0 Å². The number of rotatable bonds is 33. The number of hydrogen-bond acceptors (Lipinski definition) is 4. The average Bonchev–Trinajstić information content (AvgIpc) is 3.00. The Labute approximate surface area is 278 Å². The van der Waals surface area contributed by atoms with E-state index >= 15 is 0 Å². The van der Waals surface area contributed by atoms with Gasteiger partial charge >= 0.3 is 0 Å². The number of hydrogen-bond donors (Lipinski definition) is 3. The number of carbonyl (C=O) groups is 1. The van der Waals surface area contributed by atoms with Gasteiger partial charge in [0.05, 0.1) is 17.9 Å². The summed E-state index contributed by atoms with van der Waals surface area (Å²) in [5.41, 5.74) is 0. The van der Waals surface area contributed by atoms with Crippen molar-refractivity contribution in [1.29, 1.82) is 0 Å². The zero-order valence-corrected chi connectivity index (χ0v) is 30.1. The van der Waals surface area contributed by atoms with Crippen molar-refractivity contribution in [3.63, 3.8) is 0 Å². The molecule has 7 heteroatoms. The van der Waals surface area contributed by atoms with E-state index in [9.17, 15) is 22.9 Å². The number of unbranched alkanes of at least 4 members (excludes halogenated alkanes) is 21. The first-order chi connectivity index (χ1) is 21.8. The molecule has 264 valence electrons. The summed E-state index contributed by atoms with van der Waals surface area (Å²) in [6.45, 7) is 4.48. The summed E-state index contributed by atoms with van der Waals surface area (Å²) in [4.78, 5) is 12.4. The molecule has 0 saturated heterocycles. The van der Waals surface area contributed by atoms with E-state index in [0.29, 0.717) is 6.42 Å². The third kappa shape index (κ3) is 33.7. The topological polar surface area (TPSA) is 104 Å². The van der Waals surface area contributed by atoms with E-state index in [1.807, 2.05) is 6.08 Å². The van der Waals surface area contributed by atoms with Gasteiger partial charge in [0.15, 0.2) is 0 Å². The van der Waals surface area contributed by atoms with E-state index in [0.717, 1.165) is 51.4 Å². The number of carbonyl (C=O) groups excluding carboxylic acids is 1. The second-order valence-corrected chi connectivity index (χ2v) is 14.3. The van der Waals surface area contributed by atoms with Crippen molar-refractivity contribution in [1.82, 2.24) is 5.32 Å². The third-order valence-corrected chi connectivity index (χ3v) is 9.07. The highest BCUT2D eigenvalue weighted by Crippen LogP contribution is 2.13. The fraction of sp³-hybridized carbons (Fsp3) is 0.816. The molecule has 45 heavy (non-hydrogen) atoms. The zero-order valence-electron chi connectivity index (χ0n) is 29.2. The van der Waals surface area contributed by atoms with Gasteiger partial charge in [-0.3, -0.25) is 9.35 Å². The van der Waals surface area contributed by atoms with Crippen molar-refractivity contribution in [3.05, 3.63) is 36.5 Å². The van der Waals surface area contributed by atoms with E-state index in [1.54, 1.807) is 0 Å². The minimum atomic E-state index is -4.35. The molecule has 2 unspecified atom stereocenters. The molecule has 0 aliphatic heterocycles. The Hall–Kier alpha value is -1.44. The fourth-order valence-electron chi connectivity index (χ4n) is 5.46. The molecule has 0 radical (unpaired) electrons. The van der Waals surface area contributed by atoms with Gasteiger partial charge in [0.1, 0.15) is 0 Å². The number of allylic oxidation sites excluding steroid dienone is 5. The molecule has 0 aliphatic carbocycles. The number of nitrogens with one attached hydrogen (secondary N) is 1. The molecule has 0 aromatic carbocycles. The van der Waals surface area contributed by atoms with Gasteiger partial charge in [-0.25, -0.2) is 0 Å². The predicted octanol–water partition coefficient (Wildman–Crippen LogP) is 10.6. The Bertz CT molecular complexity index is 852. The molecule has 0 rings (SSSR count). The van der Waals surface area contributed by atoms with Crippen molar-refractivity contribution in [2.45, 2.75) is 193 Å². The highest BCUT2D eigenvalue weighted by molar-refractivity contribution is 7.85. The van der Waals surface area contributed by atoms with Crippen molar-refractivity contribution in [2.75, 3.05) is 5.75 Å². The van der Waals surface area contributed by atoms with Crippen LogP contribution in [0.1, 0.15) is 181 Å². The molecule has 2 atom stereocenters. The lowest BCUT2D eigenvalue weighted by Gasteiger charge is -2.21. The standard InChI is InChI=1S/C38H71NO5S/c1-3-5-7-9-11-13-15-17-18-19-20-21-22-23-25-27-29-31-33-37(40)36(35-45(42,43)44)39-38(41)34-32-30-28-26-24-16-14-12-10-8-6-4-2/h12,14,23,25,31,33,36-37,40H,3-11,13,15-22,24,26-30,32,34-35H2,1-2H3,(H,39,41)(H,42,43,44)/b14-12-,25-23+,33-31+. The number of aliphatic hydroxyl groups is 1. The van der Waals surface area contributed by atoms with Gasteiger partial charge in [-0.2, -0.15) is 8.42 Å². The minimum absolute atomic E-state index is 0.278. The van der Waals surface area contributed by atoms with E-state index in [1.165, 1.54) is 109 Å². The van der Waals surface area contributed by atoms with Crippen LogP contribution in [0.15, 0.2) is 36.5 Å². The van der Waals surface area contributed by atoms with Crippen LogP contribution < -0.4 is 5.32 Å². The second kappa shape index (κ2) is 32.5. The minimum Gasteiger partial charge on any atom is -0.387 e. The van der Waals surface area contributed by atoms with Gasteiger partial charge in [-0.1, -0.05) is 153 Å². The first-order valence-electron chi connectivity index (χ1n) is 18.7. The average molecular weight is 654 g/mol. The largest absolute Gasteiger partial charge is 0.387 e. The lowest BCUT2D eigenvalue weighted by Crippen LogP contribution is -2.46. The van der Waals surface area contributed by atoms with Crippen molar-refractivity contribution in [3.8, 4) is 0 Å². The van der Waals surface area contributed by atoms with Gasteiger partial charge in [0, 0.05) is 6.42 Å². The first-order valence-corrected chi connectivity index (χ1v) is 20.3.